The molecule has 0 aliphatic rings. The van der Waals surface area contributed by atoms with E-state index in [0.717, 1.165) is 0 Å². The summed E-state index contributed by atoms with van der Waals surface area (Å²) >= 11 is 0. The van der Waals surface area contributed by atoms with Crippen LogP contribution < -0.4 is 16.6 Å². The standard InChI is InChI=1S/C12H10F3N3O3/c13-12(14,15)6-16-9(19)5-18-10(20)7-3-1-2-4-8(7)17-11(18)21/h1-4H,5-6H2,(H,16,19)(H,17,21). The van der Waals surface area contributed by atoms with Gasteiger partial charge in [0.2, 0.25) is 5.91 Å². The highest BCUT2D eigenvalue weighted by molar-refractivity contribution is 5.78. The summed E-state index contributed by atoms with van der Waals surface area (Å²) in [5.74, 6) is -1.07. The van der Waals surface area contributed by atoms with Crippen molar-refractivity contribution in [3.05, 3.63) is 45.1 Å². The van der Waals surface area contributed by atoms with Gasteiger partial charge in [-0.05, 0) is 12.1 Å². The minimum atomic E-state index is -4.56. The number of aromatic nitrogens is 2. The number of H-pyrrole nitrogens is 1. The number of benzene rings is 1. The van der Waals surface area contributed by atoms with Crippen LogP contribution in [0.3, 0.4) is 0 Å². The smallest absolute Gasteiger partial charge is 0.345 e. The third-order valence-electron chi connectivity index (χ3n) is 2.68. The Morgan fingerprint density at radius 3 is 2.57 bits per heavy atom. The number of hydrogen-bond donors (Lipinski definition) is 2. The predicted octanol–water partition coefficient (Wildman–Crippen LogP) is 0.368. The number of nitrogens with one attached hydrogen (secondary N) is 2. The maximum atomic E-state index is 12.0. The maximum absolute atomic E-state index is 12.0. The average molecular weight is 301 g/mol. The zero-order valence-electron chi connectivity index (χ0n) is 10.5. The fourth-order valence-electron chi connectivity index (χ4n) is 1.74. The van der Waals surface area contributed by atoms with Crippen LogP contribution in [0.2, 0.25) is 0 Å². The molecule has 1 aromatic carbocycles. The van der Waals surface area contributed by atoms with Gasteiger partial charge in [-0.15, -0.1) is 0 Å². The summed E-state index contributed by atoms with van der Waals surface area (Å²) < 4.78 is 36.5. The number of alkyl halides is 3. The first-order valence-electron chi connectivity index (χ1n) is 5.83. The zero-order valence-corrected chi connectivity index (χ0v) is 10.5. The fourth-order valence-corrected chi connectivity index (χ4v) is 1.74. The van der Waals surface area contributed by atoms with Gasteiger partial charge in [-0.2, -0.15) is 13.2 Å². The summed E-state index contributed by atoms with van der Waals surface area (Å²) in [4.78, 5) is 37.5. The van der Waals surface area contributed by atoms with E-state index in [2.05, 4.69) is 4.98 Å². The number of nitrogens with zero attached hydrogens (tertiary/aromatic N) is 1. The molecule has 1 amide bonds. The van der Waals surface area contributed by atoms with Gasteiger partial charge in [0.05, 0.1) is 10.9 Å². The lowest BCUT2D eigenvalue weighted by Crippen LogP contribution is -2.42. The quantitative estimate of drug-likeness (QED) is 0.859. The van der Waals surface area contributed by atoms with E-state index in [9.17, 15) is 27.6 Å². The molecular weight excluding hydrogens is 291 g/mol. The van der Waals surface area contributed by atoms with Crippen molar-refractivity contribution < 1.29 is 18.0 Å². The van der Waals surface area contributed by atoms with Gasteiger partial charge in [0.25, 0.3) is 5.56 Å². The molecular formula is C12H10F3N3O3. The molecule has 1 heterocycles. The van der Waals surface area contributed by atoms with Crippen LogP contribution in [0, 0.1) is 0 Å². The fraction of sp³-hybridized carbons (Fsp3) is 0.250. The van der Waals surface area contributed by atoms with Crippen LogP contribution in [0.15, 0.2) is 33.9 Å². The third-order valence-corrected chi connectivity index (χ3v) is 2.68. The minimum absolute atomic E-state index is 0.167. The largest absolute Gasteiger partial charge is 0.405 e. The number of para-hydroxylation sites is 1. The molecule has 2 N–H and O–H groups in total. The molecule has 112 valence electrons. The van der Waals surface area contributed by atoms with E-state index in [1.165, 1.54) is 12.1 Å². The Labute approximate surface area is 115 Å². The molecule has 0 spiro atoms. The molecule has 0 saturated carbocycles. The molecule has 9 heteroatoms. The summed E-state index contributed by atoms with van der Waals surface area (Å²) in [5, 5.41) is 1.76. The number of aromatic amines is 1. The molecule has 6 nitrogen and oxygen atoms in total. The molecule has 0 radical (unpaired) electrons. The lowest BCUT2D eigenvalue weighted by molar-refractivity contribution is -0.138. The molecule has 0 aliphatic heterocycles. The van der Waals surface area contributed by atoms with Crippen molar-refractivity contribution in [2.45, 2.75) is 12.7 Å². The molecule has 0 aliphatic carbocycles. The lowest BCUT2D eigenvalue weighted by atomic mass is 10.2. The minimum Gasteiger partial charge on any atom is -0.345 e. The van der Waals surface area contributed by atoms with E-state index in [1.54, 1.807) is 17.4 Å². The molecule has 0 unspecified atom stereocenters. The van der Waals surface area contributed by atoms with Gasteiger partial charge >= 0.3 is 11.9 Å². The van der Waals surface area contributed by atoms with Crippen LogP contribution in [-0.2, 0) is 11.3 Å². The first-order chi connectivity index (χ1) is 9.78. The Morgan fingerprint density at radius 2 is 1.90 bits per heavy atom. The van der Waals surface area contributed by atoms with E-state index < -0.39 is 36.4 Å². The molecule has 21 heavy (non-hydrogen) atoms. The Kier molecular flexibility index (Phi) is 3.83. The number of carbonyl (C=O) groups excluding carboxylic acids is 1. The van der Waals surface area contributed by atoms with Crippen molar-refractivity contribution >= 4 is 16.8 Å². The Morgan fingerprint density at radius 1 is 1.24 bits per heavy atom. The number of halogens is 3. The Bertz CT molecular complexity index is 792. The Balaban J connectivity index is 2.29. The normalized spacial score (nSPS) is 11.6. The zero-order chi connectivity index (χ0) is 15.6. The van der Waals surface area contributed by atoms with Gasteiger partial charge in [-0.3, -0.25) is 14.2 Å². The summed E-state index contributed by atoms with van der Waals surface area (Å²) in [6.07, 6.45) is -4.56. The molecule has 0 bridgehead atoms. The van der Waals surface area contributed by atoms with E-state index in [-0.39, 0.29) is 5.39 Å². The summed E-state index contributed by atoms with van der Waals surface area (Å²) in [7, 11) is 0. The highest BCUT2D eigenvalue weighted by Crippen LogP contribution is 2.12. The number of carbonyl (C=O) groups is 1. The van der Waals surface area contributed by atoms with Crippen LogP contribution in [0.5, 0.6) is 0 Å². The number of hydrogen-bond acceptors (Lipinski definition) is 3. The van der Waals surface area contributed by atoms with E-state index in [1.807, 2.05) is 0 Å². The first-order valence-corrected chi connectivity index (χ1v) is 5.83. The van der Waals surface area contributed by atoms with E-state index in [0.29, 0.717) is 10.1 Å². The van der Waals surface area contributed by atoms with Gasteiger partial charge in [-0.1, -0.05) is 12.1 Å². The summed E-state index contributed by atoms with van der Waals surface area (Å²) in [6, 6.07) is 6.12. The predicted molar refractivity (Wildman–Crippen MR) is 67.9 cm³/mol. The van der Waals surface area contributed by atoms with Gasteiger partial charge in [-0.25, -0.2) is 4.79 Å². The van der Waals surface area contributed by atoms with Crippen LogP contribution in [-0.4, -0.2) is 28.2 Å². The van der Waals surface area contributed by atoms with Crippen LogP contribution in [0.25, 0.3) is 10.9 Å². The molecule has 2 aromatic rings. The summed E-state index contributed by atoms with van der Waals surface area (Å²) in [6.45, 7) is -2.30. The molecule has 2 rings (SSSR count). The van der Waals surface area contributed by atoms with Crippen molar-refractivity contribution in [1.29, 1.82) is 0 Å². The van der Waals surface area contributed by atoms with Crippen molar-refractivity contribution in [2.24, 2.45) is 0 Å². The first kappa shape index (κ1) is 14.8. The SMILES string of the molecule is O=C(Cn1c(=O)[nH]c2ccccc2c1=O)NCC(F)(F)F. The molecule has 0 atom stereocenters. The van der Waals surface area contributed by atoms with Crippen molar-refractivity contribution in [3.63, 3.8) is 0 Å². The average Bonchev–Trinajstić information content (AvgIpc) is 2.40. The van der Waals surface area contributed by atoms with Gasteiger partial charge in [0, 0.05) is 0 Å². The maximum Gasteiger partial charge on any atom is 0.405 e. The lowest BCUT2D eigenvalue weighted by Gasteiger charge is -2.09. The van der Waals surface area contributed by atoms with Gasteiger partial charge in [0.1, 0.15) is 13.1 Å². The molecule has 0 fully saturated rings. The van der Waals surface area contributed by atoms with E-state index in [4.69, 9.17) is 0 Å². The van der Waals surface area contributed by atoms with Crippen molar-refractivity contribution in [3.8, 4) is 0 Å². The van der Waals surface area contributed by atoms with Crippen molar-refractivity contribution in [2.75, 3.05) is 6.54 Å². The van der Waals surface area contributed by atoms with Crippen LogP contribution in [0.1, 0.15) is 0 Å². The number of rotatable bonds is 3. The number of amides is 1. The van der Waals surface area contributed by atoms with E-state index >= 15 is 0 Å². The summed E-state index contributed by atoms with van der Waals surface area (Å²) in [5.41, 5.74) is -1.31. The highest BCUT2D eigenvalue weighted by Gasteiger charge is 2.27. The van der Waals surface area contributed by atoms with Gasteiger partial charge in [0.15, 0.2) is 0 Å². The Hall–Kier alpha value is -2.58. The second kappa shape index (κ2) is 5.43. The monoisotopic (exact) mass is 301 g/mol. The second-order valence-corrected chi connectivity index (χ2v) is 4.26. The highest BCUT2D eigenvalue weighted by atomic mass is 19.4. The topological polar surface area (TPSA) is 84.0 Å². The number of fused-ring (bicyclic) bond motifs is 1. The van der Waals surface area contributed by atoms with Crippen molar-refractivity contribution in [1.82, 2.24) is 14.9 Å². The van der Waals surface area contributed by atoms with Crippen LogP contribution in [0.4, 0.5) is 13.2 Å². The molecule has 1 aromatic heterocycles. The molecule has 0 saturated heterocycles. The van der Waals surface area contributed by atoms with Crippen LogP contribution >= 0.6 is 0 Å². The third kappa shape index (κ3) is 3.50. The second-order valence-electron chi connectivity index (χ2n) is 4.26. The van der Waals surface area contributed by atoms with Gasteiger partial charge < -0.3 is 10.3 Å².